The van der Waals surface area contributed by atoms with Gasteiger partial charge in [-0.1, -0.05) is 25.6 Å². The van der Waals surface area contributed by atoms with E-state index in [0.717, 1.165) is 17.8 Å². The summed E-state index contributed by atoms with van der Waals surface area (Å²) in [4.78, 5) is 14.8. The molecular weight excluding hydrogens is 303 g/mol. The number of halogens is 3. The number of carbonyl (C=O) groups is 1. The highest BCUT2D eigenvalue weighted by molar-refractivity contribution is 8.00. The van der Waals surface area contributed by atoms with Crippen molar-refractivity contribution in [1.29, 1.82) is 5.26 Å². The van der Waals surface area contributed by atoms with E-state index in [4.69, 9.17) is 11.0 Å². The number of nitrogens with zero attached hydrogens (tertiary/aromatic N) is 2. The summed E-state index contributed by atoms with van der Waals surface area (Å²) >= 11 is 0.743. The van der Waals surface area contributed by atoms with Crippen molar-refractivity contribution in [3.8, 4) is 6.07 Å². The third-order valence-corrected chi connectivity index (χ3v) is 3.42. The Hall–Kier alpha value is -1.75. The van der Waals surface area contributed by atoms with Gasteiger partial charge in [-0.3, -0.25) is 4.79 Å². The van der Waals surface area contributed by atoms with E-state index in [1.165, 1.54) is 6.07 Å². The lowest BCUT2D eigenvalue weighted by Crippen LogP contribution is -2.15. The van der Waals surface area contributed by atoms with Crippen LogP contribution in [0.5, 0.6) is 0 Å². The molecule has 0 unspecified atom stereocenters. The minimum atomic E-state index is -4.65. The number of hydrogen-bond acceptors (Lipinski definition) is 4. The second kappa shape index (κ2) is 6.80. The number of pyridine rings is 1. The number of nitrogens with two attached hydrogens (primary N) is 1. The number of carbonyl (C=O) groups excluding carboxylic acids is 1. The molecule has 0 saturated heterocycles. The van der Waals surface area contributed by atoms with Gasteiger partial charge in [-0.15, -0.1) is 0 Å². The smallest absolute Gasteiger partial charge is 0.369 e. The zero-order valence-electron chi connectivity index (χ0n) is 11.5. The normalized spacial score (nSPS) is 11.5. The summed E-state index contributed by atoms with van der Waals surface area (Å²) in [5.74, 6) is -0.807. The maximum absolute atomic E-state index is 13.1. The van der Waals surface area contributed by atoms with Crippen LogP contribution in [0.1, 0.15) is 30.7 Å². The molecule has 8 heteroatoms. The van der Waals surface area contributed by atoms with Crippen LogP contribution in [0.3, 0.4) is 0 Å². The van der Waals surface area contributed by atoms with E-state index < -0.39 is 23.2 Å². The van der Waals surface area contributed by atoms with Crippen LogP contribution >= 0.6 is 11.8 Å². The highest BCUT2D eigenvalue weighted by Gasteiger charge is 2.36. The van der Waals surface area contributed by atoms with Crippen LogP contribution in [0.15, 0.2) is 11.1 Å². The SMILES string of the molecule is CC(C)Cc1cc(C(F)(F)F)c(C#N)c(SCC(N)=O)n1. The topological polar surface area (TPSA) is 79.8 Å². The first kappa shape index (κ1) is 17.3. The summed E-state index contributed by atoms with van der Waals surface area (Å²) in [6, 6.07) is 2.42. The summed E-state index contributed by atoms with van der Waals surface area (Å²) in [5.41, 5.74) is 3.63. The van der Waals surface area contributed by atoms with E-state index in [1.54, 1.807) is 0 Å². The highest BCUT2D eigenvalue weighted by atomic mass is 32.2. The van der Waals surface area contributed by atoms with Crippen LogP contribution in [0.2, 0.25) is 0 Å². The summed E-state index contributed by atoms with van der Waals surface area (Å²) in [6.45, 7) is 3.70. The number of hydrogen-bond donors (Lipinski definition) is 1. The minimum Gasteiger partial charge on any atom is -0.369 e. The van der Waals surface area contributed by atoms with Gasteiger partial charge in [0, 0.05) is 5.69 Å². The molecule has 114 valence electrons. The summed E-state index contributed by atoms with van der Waals surface area (Å²) in [7, 11) is 0. The van der Waals surface area contributed by atoms with Gasteiger partial charge in [0.1, 0.15) is 11.1 Å². The average molecular weight is 317 g/mol. The van der Waals surface area contributed by atoms with Gasteiger partial charge in [-0.25, -0.2) is 4.98 Å². The van der Waals surface area contributed by atoms with Gasteiger partial charge < -0.3 is 5.73 Å². The van der Waals surface area contributed by atoms with Gasteiger partial charge in [0.15, 0.2) is 0 Å². The van der Waals surface area contributed by atoms with Crippen LogP contribution in [0.25, 0.3) is 0 Å². The Morgan fingerprint density at radius 3 is 2.57 bits per heavy atom. The van der Waals surface area contributed by atoms with Gasteiger partial charge >= 0.3 is 6.18 Å². The summed E-state index contributed by atoms with van der Waals surface area (Å²) < 4.78 is 39.2. The molecule has 1 amide bonds. The summed E-state index contributed by atoms with van der Waals surface area (Å²) in [6.07, 6.45) is -4.30. The zero-order chi connectivity index (χ0) is 16.2. The first-order valence-electron chi connectivity index (χ1n) is 6.07. The van der Waals surface area contributed by atoms with Gasteiger partial charge in [-0.05, 0) is 18.4 Å². The number of nitriles is 1. The van der Waals surface area contributed by atoms with E-state index in [1.807, 2.05) is 13.8 Å². The Morgan fingerprint density at radius 1 is 1.52 bits per heavy atom. The molecule has 0 radical (unpaired) electrons. The van der Waals surface area contributed by atoms with Crippen molar-refractivity contribution in [3.63, 3.8) is 0 Å². The minimum absolute atomic E-state index is 0.109. The van der Waals surface area contributed by atoms with Crippen LogP contribution in [-0.2, 0) is 17.4 Å². The fourth-order valence-electron chi connectivity index (χ4n) is 1.67. The number of rotatable bonds is 5. The van der Waals surface area contributed by atoms with E-state index in [2.05, 4.69) is 4.98 Å². The number of primary amides is 1. The third kappa shape index (κ3) is 4.93. The first-order chi connectivity index (χ1) is 9.65. The number of thioether (sulfide) groups is 1. The fourth-order valence-corrected chi connectivity index (χ4v) is 2.43. The van der Waals surface area contributed by atoms with Crippen LogP contribution in [0, 0.1) is 17.2 Å². The lowest BCUT2D eigenvalue weighted by Gasteiger charge is -2.14. The quantitative estimate of drug-likeness (QED) is 0.847. The molecule has 0 aliphatic heterocycles. The maximum Gasteiger partial charge on any atom is 0.417 e. The lowest BCUT2D eigenvalue weighted by atomic mass is 10.0. The van der Waals surface area contributed by atoms with Gasteiger partial charge in [-0.2, -0.15) is 18.4 Å². The molecule has 0 aliphatic carbocycles. The van der Waals surface area contributed by atoms with Crippen molar-refractivity contribution in [3.05, 3.63) is 22.9 Å². The largest absolute Gasteiger partial charge is 0.417 e. The van der Waals surface area contributed by atoms with E-state index >= 15 is 0 Å². The van der Waals surface area contributed by atoms with E-state index in [-0.39, 0.29) is 22.4 Å². The Labute approximate surface area is 124 Å². The lowest BCUT2D eigenvalue weighted by molar-refractivity contribution is -0.138. The molecule has 0 aliphatic rings. The monoisotopic (exact) mass is 317 g/mol. The van der Waals surface area contributed by atoms with Crippen molar-refractivity contribution in [1.82, 2.24) is 4.98 Å². The molecular formula is C13H14F3N3OS. The van der Waals surface area contributed by atoms with Crippen molar-refractivity contribution < 1.29 is 18.0 Å². The molecule has 21 heavy (non-hydrogen) atoms. The molecule has 0 saturated carbocycles. The van der Waals surface area contributed by atoms with Gasteiger partial charge in [0.2, 0.25) is 5.91 Å². The molecule has 1 aromatic heterocycles. The first-order valence-corrected chi connectivity index (χ1v) is 7.06. The number of aromatic nitrogens is 1. The van der Waals surface area contributed by atoms with Crippen LogP contribution < -0.4 is 5.73 Å². The van der Waals surface area contributed by atoms with Gasteiger partial charge in [0.25, 0.3) is 0 Å². The Kier molecular flexibility index (Phi) is 5.61. The highest BCUT2D eigenvalue weighted by Crippen LogP contribution is 2.36. The molecule has 1 aromatic rings. The number of amides is 1. The Bertz CT molecular complexity index is 579. The molecule has 4 nitrogen and oxygen atoms in total. The second-order valence-corrected chi connectivity index (χ2v) is 5.77. The maximum atomic E-state index is 13.1. The molecule has 0 atom stereocenters. The summed E-state index contributed by atoms with van der Waals surface area (Å²) in [5, 5.41) is 8.87. The zero-order valence-corrected chi connectivity index (χ0v) is 12.3. The number of alkyl halides is 3. The fraction of sp³-hybridized carbons (Fsp3) is 0.462. The van der Waals surface area contributed by atoms with E-state index in [0.29, 0.717) is 6.42 Å². The van der Waals surface area contributed by atoms with Crippen LogP contribution in [-0.4, -0.2) is 16.6 Å². The molecule has 2 N–H and O–H groups in total. The second-order valence-electron chi connectivity index (χ2n) is 4.80. The molecule has 0 bridgehead atoms. The van der Waals surface area contributed by atoms with Crippen molar-refractivity contribution in [2.75, 3.05) is 5.75 Å². The molecule has 0 aromatic carbocycles. The molecule has 1 heterocycles. The van der Waals surface area contributed by atoms with Gasteiger partial charge in [0.05, 0.1) is 16.9 Å². The standard InChI is InChI=1S/C13H14F3N3OS/c1-7(2)3-8-4-10(13(14,15)16)9(5-17)12(19-8)21-6-11(18)20/h4,7H,3,6H2,1-2H3,(H2,18,20). The average Bonchev–Trinajstić information content (AvgIpc) is 2.33. The molecule has 1 rings (SSSR count). The van der Waals surface area contributed by atoms with E-state index in [9.17, 15) is 18.0 Å². The predicted octanol–water partition coefficient (Wildman–Crippen LogP) is 2.75. The molecule has 0 fully saturated rings. The predicted molar refractivity (Wildman–Crippen MR) is 72.4 cm³/mol. The van der Waals surface area contributed by atoms with Crippen molar-refractivity contribution in [2.24, 2.45) is 11.7 Å². The Morgan fingerprint density at radius 2 is 2.14 bits per heavy atom. The molecule has 0 spiro atoms. The van der Waals surface area contributed by atoms with Crippen LogP contribution in [0.4, 0.5) is 13.2 Å². The van der Waals surface area contributed by atoms with Crippen molar-refractivity contribution in [2.45, 2.75) is 31.5 Å². The van der Waals surface area contributed by atoms with Crippen molar-refractivity contribution >= 4 is 17.7 Å². The Balaban J connectivity index is 3.37. The third-order valence-electron chi connectivity index (χ3n) is 2.43.